The Morgan fingerprint density at radius 2 is 1.73 bits per heavy atom. The molecule has 0 radical (unpaired) electrons. The molecule has 1 unspecified atom stereocenters. The van der Waals surface area contributed by atoms with Gasteiger partial charge in [0.15, 0.2) is 6.10 Å². The Balaban J connectivity index is 1.67. The van der Waals surface area contributed by atoms with E-state index in [9.17, 15) is 18.0 Å². The van der Waals surface area contributed by atoms with Crippen LogP contribution < -0.4 is 10.0 Å². The minimum absolute atomic E-state index is 0.0122. The molecule has 1 amide bonds. The molecule has 1 heterocycles. The lowest BCUT2D eigenvalue weighted by atomic mass is 10.0. The van der Waals surface area contributed by atoms with Crippen molar-refractivity contribution in [3.63, 3.8) is 0 Å². The van der Waals surface area contributed by atoms with Crippen LogP contribution in [-0.4, -0.2) is 26.4 Å². The number of ether oxygens (including phenoxy) is 1. The van der Waals surface area contributed by atoms with E-state index in [1.165, 1.54) is 37.5 Å². The van der Waals surface area contributed by atoms with E-state index in [1.807, 2.05) is 32.9 Å². The topological polar surface area (TPSA) is 115 Å². The molecule has 0 saturated heterocycles. The van der Waals surface area contributed by atoms with Crippen LogP contribution in [0.25, 0.3) is 0 Å². The number of rotatable bonds is 8. The summed E-state index contributed by atoms with van der Waals surface area (Å²) in [5.41, 5.74) is 3.57. The molecule has 8 nitrogen and oxygen atoms in total. The summed E-state index contributed by atoms with van der Waals surface area (Å²) in [5.74, 6) is -0.839. The molecule has 3 aromatic rings. The van der Waals surface area contributed by atoms with Crippen molar-refractivity contribution in [2.75, 3.05) is 5.32 Å². The summed E-state index contributed by atoms with van der Waals surface area (Å²) in [4.78, 5) is 25.1. The van der Waals surface area contributed by atoms with Gasteiger partial charge in [-0.25, -0.2) is 17.9 Å². The highest BCUT2D eigenvalue weighted by Gasteiger charge is 2.22. The van der Waals surface area contributed by atoms with Gasteiger partial charge in [0.05, 0.1) is 23.3 Å². The zero-order valence-electron chi connectivity index (χ0n) is 18.8. The van der Waals surface area contributed by atoms with Crippen molar-refractivity contribution < 1.29 is 27.2 Å². The number of aryl methyl sites for hydroxylation is 3. The Kier molecular flexibility index (Phi) is 7.35. The van der Waals surface area contributed by atoms with Gasteiger partial charge in [-0.2, -0.15) is 0 Å². The third-order valence-electron chi connectivity index (χ3n) is 4.97. The normalized spacial score (nSPS) is 12.2. The maximum atomic E-state index is 12.6. The van der Waals surface area contributed by atoms with Gasteiger partial charge in [0, 0.05) is 5.69 Å². The summed E-state index contributed by atoms with van der Waals surface area (Å²) < 4.78 is 37.9. The number of nitrogens with one attached hydrogen (secondary N) is 2. The number of sulfonamides is 1. The number of carbonyl (C=O) groups excluding carboxylic acids is 2. The Morgan fingerprint density at radius 1 is 1.03 bits per heavy atom. The summed E-state index contributed by atoms with van der Waals surface area (Å²) >= 11 is 0. The first kappa shape index (κ1) is 24.2. The minimum Gasteiger partial charge on any atom is -0.468 e. The van der Waals surface area contributed by atoms with Gasteiger partial charge < -0.3 is 14.5 Å². The Hall–Kier alpha value is -3.43. The fourth-order valence-electron chi connectivity index (χ4n) is 3.34. The van der Waals surface area contributed by atoms with Crippen LogP contribution in [0.4, 0.5) is 5.69 Å². The largest absolute Gasteiger partial charge is 0.468 e. The highest BCUT2D eigenvalue weighted by molar-refractivity contribution is 7.89. The van der Waals surface area contributed by atoms with Crippen LogP contribution >= 0.6 is 0 Å². The van der Waals surface area contributed by atoms with E-state index in [1.54, 1.807) is 12.1 Å². The second-order valence-electron chi connectivity index (χ2n) is 7.74. The highest BCUT2D eigenvalue weighted by atomic mass is 32.2. The molecular weight excluding hydrogens is 444 g/mol. The van der Waals surface area contributed by atoms with Crippen LogP contribution in [0, 0.1) is 20.8 Å². The van der Waals surface area contributed by atoms with E-state index in [4.69, 9.17) is 9.15 Å². The number of benzene rings is 2. The molecule has 0 bridgehead atoms. The first-order valence-electron chi connectivity index (χ1n) is 10.3. The Bertz CT molecular complexity index is 1240. The molecule has 33 heavy (non-hydrogen) atoms. The quantitative estimate of drug-likeness (QED) is 0.483. The van der Waals surface area contributed by atoms with E-state index in [0.29, 0.717) is 11.4 Å². The fourth-order valence-corrected chi connectivity index (χ4v) is 4.38. The van der Waals surface area contributed by atoms with Crippen molar-refractivity contribution in [3.05, 3.63) is 82.8 Å². The van der Waals surface area contributed by atoms with Gasteiger partial charge in [0.1, 0.15) is 5.76 Å². The molecule has 2 N–H and O–H groups in total. The molecule has 1 atom stereocenters. The van der Waals surface area contributed by atoms with Crippen LogP contribution in [0.5, 0.6) is 0 Å². The molecule has 3 rings (SSSR count). The molecule has 1 aromatic heterocycles. The molecule has 0 spiro atoms. The maximum absolute atomic E-state index is 12.6. The lowest BCUT2D eigenvalue weighted by Crippen LogP contribution is -2.30. The standard InChI is InChI=1S/C24H26N2O6S/c1-15-11-16(2)22(17(3)12-15)26-23(27)18(4)32-24(28)19-7-5-9-21(13-19)33(29,30)25-14-20-8-6-10-31-20/h5-13,18,25H,14H2,1-4H3,(H,26,27). The summed E-state index contributed by atoms with van der Waals surface area (Å²) in [7, 11) is -3.89. The third-order valence-corrected chi connectivity index (χ3v) is 6.37. The summed E-state index contributed by atoms with van der Waals surface area (Å²) in [6.45, 7) is 7.17. The zero-order chi connectivity index (χ0) is 24.2. The van der Waals surface area contributed by atoms with Crippen LogP contribution in [0.15, 0.2) is 64.1 Å². The van der Waals surface area contributed by atoms with Gasteiger partial charge >= 0.3 is 5.97 Å². The molecule has 0 fully saturated rings. The van der Waals surface area contributed by atoms with Crippen LogP contribution in [0.1, 0.15) is 39.7 Å². The summed E-state index contributed by atoms with van der Waals surface area (Å²) in [6.07, 6.45) is 0.355. The average Bonchev–Trinajstić information content (AvgIpc) is 3.28. The van der Waals surface area contributed by atoms with Crippen LogP contribution in [0.2, 0.25) is 0 Å². The first-order valence-corrected chi connectivity index (χ1v) is 11.8. The van der Waals surface area contributed by atoms with Gasteiger partial charge in [-0.15, -0.1) is 0 Å². The molecule has 2 aromatic carbocycles. The molecule has 9 heteroatoms. The number of amides is 1. The van der Waals surface area contributed by atoms with Crippen molar-refractivity contribution >= 4 is 27.6 Å². The van der Waals surface area contributed by atoms with Crippen molar-refractivity contribution in [3.8, 4) is 0 Å². The lowest BCUT2D eigenvalue weighted by molar-refractivity contribution is -0.123. The van der Waals surface area contributed by atoms with Gasteiger partial charge in [0.2, 0.25) is 10.0 Å². The predicted octanol–water partition coefficient (Wildman–Crippen LogP) is 3.87. The molecule has 0 aliphatic heterocycles. The predicted molar refractivity (Wildman–Crippen MR) is 123 cm³/mol. The number of hydrogen-bond donors (Lipinski definition) is 2. The second kappa shape index (κ2) is 10.0. The lowest BCUT2D eigenvalue weighted by Gasteiger charge is -2.17. The van der Waals surface area contributed by atoms with Gasteiger partial charge in [-0.05, 0) is 69.2 Å². The molecule has 0 aliphatic carbocycles. The van der Waals surface area contributed by atoms with Crippen LogP contribution in [0.3, 0.4) is 0 Å². The van der Waals surface area contributed by atoms with E-state index < -0.39 is 28.0 Å². The van der Waals surface area contributed by atoms with Crippen molar-refractivity contribution in [1.82, 2.24) is 4.72 Å². The monoisotopic (exact) mass is 470 g/mol. The van der Waals surface area contributed by atoms with Gasteiger partial charge in [-0.3, -0.25) is 4.79 Å². The van der Waals surface area contributed by atoms with Crippen molar-refractivity contribution in [2.24, 2.45) is 0 Å². The Labute approximate surface area is 193 Å². The van der Waals surface area contributed by atoms with E-state index >= 15 is 0 Å². The number of furan rings is 1. The van der Waals surface area contributed by atoms with Crippen molar-refractivity contribution in [2.45, 2.75) is 45.2 Å². The van der Waals surface area contributed by atoms with Gasteiger partial charge in [-0.1, -0.05) is 23.8 Å². The summed E-state index contributed by atoms with van der Waals surface area (Å²) in [5, 5.41) is 2.80. The average molecular weight is 471 g/mol. The van der Waals surface area contributed by atoms with E-state index in [2.05, 4.69) is 10.0 Å². The van der Waals surface area contributed by atoms with E-state index in [0.717, 1.165) is 16.7 Å². The van der Waals surface area contributed by atoms with Crippen molar-refractivity contribution in [1.29, 1.82) is 0 Å². The number of hydrogen-bond acceptors (Lipinski definition) is 6. The fraction of sp³-hybridized carbons (Fsp3) is 0.250. The second-order valence-corrected chi connectivity index (χ2v) is 9.51. The van der Waals surface area contributed by atoms with Gasteiger partial charge in [0.25, 0.3) is 5.91 Å². The zero-order valence-corrected chi connectivity index (χ0v) is 19.7. The third kappa shape index (κ3) is 6.09. The molecule has 0 saturated carbocycles. The Morgan fingerprint density at radius 3 is 2.36 bits per heavy atom. The van der Waals surface area contributed by atoms with Crippen LogP contribution in [-0.2, 0) is 26.1 Å². The number of carbonyl (C=O) groups is 2. The first-order chi connectivity index (χ1) is 15.6. The highest BCUT2D eigenvalue weighted by Crippen LogP contribution is 2.22. The molecule has 174 valence electrons. The minimum atomic E-state index is -3.89. The van der Waals surface area contributed by atoms with E-state index in [-0.39, 0.29) is 17.0 Å². The maximum Gasteiger partial charge on any atom is 0.338 e. The molecule has 0 aliphatic rings. The number of esters is 1. The summed E-state index contributed by atoms with van der Waals surface area (Å²) in [6, 6.07) is 12.6. The number of anilines is 1. The molecular formula is C24H26N2O6S. The SMILES string of the molecule is Cc1cc(C)c(NC(=O)C(C)OC(=O)c2cccc(S(=O)(=O)NCc3ccco3)c2)c(C)c1. The smallest absolute Gasteiger partial charge is 0.338 e.